The summed E-state index contributed by atoms with van der Waals surface area (Å²) in [6.45, 7) is 0.425. The van der Waals surface area contributed by atoms with E-state index in [1.54, 1.807) is 0 Å². The second-order valence-corrected chi connectivity index (χ2v) is 6.58. The van der Waals surface area contributed by atoms with Crippen LogP contribution in [0.2, 0.25) is 0 Å². The number of alkyl halides is 4. The highest BCUT2D eigenvalue weighted by Crippen LogP contribution is 2.70. The first kappa shape index (κ1) is 11.7. The summed E-state index contributed by atoms with van der Waals surface area (Å²) >= 11 is 0. The van der Waals surface area contributed by atoms with Gasteiger partial charge in [-0.05, 0) is 37.5 Å². The minimum atomic E-state index is -4.34. The number of nitrogens with zero attached hydrogens (tertiary/aromatic N) is 2. The van der Waals surface area contributed by atoms with Crippen LogP contribution in [-0.2, 0) is 12.7 Å². The molecule has 0 spiro atoms. The largest absolute Gasteiger partial charge is 0.419 e. The van der Waals surface area contributed by atoms with Gasteiger partial charge >= 0.3 is 6.18 Å². The minimum Gasteiger partial charge on any atom is -0.271 e. The quantitative estimate of drug-likeness (QED) is 0.769. The summed E-state index contributed by atoms with van der Waals surface area (Å²) in [6.07, 6.45) is -0.187. The van der Waals surface area contributed by atoms with Gasteiger partial charge in [0.05, 0.1) is 11.3 Å². The van der Waals surface area contributed by atoms with Gasteiger partial charge in [0, 0.05) is 18.7 Å². The van der Waals surface area contributed by atoms with Gasteiger partial charge in [-0.1, -0.05) is 0 Å². The lowest BCUT2D eigenvalue weighted by Crippen LogP contribution is -2.65. The molecule has 6 heteroatoms. The van der Waals surface area contributed by atoms with E-state index in [1.165, 1.54) is 4.68 Å². The first-order valence-electron chi connectivity index (χ1n) is 6.62. The van der Waals surface area contributed by atoms with E-state index in [2.05, 4.69) is 5.10 Å². The Balaban J connectivity index is 1.59. The third-order valence-electron chi connectivity index (χ3n) is 4.63. The Hall–Kier alpha value is -1.07. The van der Waals surface area contributed by atoms with E-state index in [9.17, 15) is 17.6 Å². The molecule has 19 heavy (non-hydrogen) atoms. The second-order valence-electron chi connectivity index (χ2n) is 6.58. The van der Waals surface area contributed by atoms with Crippen LogP contribution in [0.1, 0.15) is 49.3 Å². The summed E-state index contributed by atoms with van der Waals surface area (Å²) in [4.78, 5) is 0. The predicted octanol–water partition coefficient (Wildman–Crippen LogP) is 3.67. The molecule has 4 fully saturated rings. The molecule has 4 aliphatic rings. The Morgan fingerprint density at radius 1 is 1.26 bits per heavy atom. The van der Waals surface area contributed by atoms with E-state index in [1.807, 2.05) is 0 Å². The maximum Gasteiger partial charge on any atom is 0.419 e. The first-order valence-corrected chi connectivity index (χ1v) is 6.62. The molecule has 2 nitrogen and oxygen atoms in total. The molecule has 0 atom stereocenters. The molecule has 5 rings (SSSR count). The molecular weight excluding hydrogens is 260 g/mol. The summed E-state index contributed by atoms with van der Waals surface area (Å²) in [5.41, 5.74) is -1.55. The van der Waals surface area contributed by atoms with Gasteiger partial charge in [0.25, 0.3) is 0 Å². The van der Waals surface area contributed by atoms with Gasteiger partial charge in [-0.15, -0.1) is 0 Å². The normalized spacial score (nSPS) is 36.8. The van der Waals surface area contributed by atoms with Crippen LogP contribution in [0.5, 0.6) is 0 Å². The standard InChI is InChI=1S/C13H14F4N2/c14-12-4-11(5-12,6-12)7-19-3-9(13(15,16)17)10(18-19)8-1-2-8/h3,8H,1-2,4-7H2. The highest BCUT2D eigenvalue weighted by molar-refractivity contribution is 5.28. The minimum absolute atomic E-state index is 0.0292. The van der Waals surface area contributed by atoms with Crippen LogP contribution >= 0.6 is 0 Å². The second kappa shape index (κ2) is 3.15. The maximum absolute atomic E-state index is 13.4. The molecule has 4 saturated carbocycles. The Kier molecular flexibility index (Phi) is 1.95. The number of rotatable bonds is 3. The molecule has 2 bridgehead atoms. The van der Waals surface area contributed by atoms with Crippen molar-refractivity contribution in [3.05, 3.63) is 17.5 Å². The number of aromatic nitrogens is 2. The predicted molar refractivity (Wildman–Crippen MR) is 59.3 cm³/mol. The molecule has 0 unspecified atom stereocenters. The van der Waals surface area contributed by atoms with Gasteiger partial charge in [-0.2, -0.15) is 18.3 Å². The highest BCUT2D eigenvalue weighted by Gasteiger charge is 2.69. The lowest BCUT2D eigenvalue weighted by Gasteiger charge is -2.65. The van der Waals surface area contributed by atoms with Gasteiger partial charge in [0.15, 0.2) is 0 Å². The average molecular weight is 274 g/mol. The van der Waals surface area contributed by atoms with Crippen molar-refractivity contribution >= 4 is 0 Å². The van der Waals surface area contributed by atoms with Crippen molar-refractivity contribution in [2.45, 2.75) is 56.4 Å². The fourth-order valence-corrected chi connectivity index (χ4v) is 3.77. The van der Waals surface area contributed by atoms with E-state index < -0.39 is 17.4 Å². The monoisotopic (exact) mass is 274 g/mol. The van der Waals surface area contributed by atoms with Crippen molar-refractivity contribution in [1.29, 1.82) is 0 Å². The van der Waals surface area contributed by atoms with Crippen LogP contribution in [-0.4, -0.2) is 15.4 Å². The fourth-order valence-electron chi connectivity index (χ4n) is 3.77. The van der Waals surface area contributed by atoms with E-state index in [0.29, 0.717) is 25.8 Å². The van der Waals surface area contributed by atoms with E-state index in [-0.39, 0.29) is 17.0 Å². The number of halogens is 4. The molecule has 1 heterocycles. The third-order valence-corrected chi connectivity index (χ3v) is 4.63. The van der Waals surface area contributed by atoms with Crippen molar-refractivity contribution < 1.29 is 17.6 Å². The molecule has 0 radical (unpaired) electrons. The summed E-state index contributed by atoms with van der Waals surface area (Å²) in [7, 11) is 0. The maximum atomic E-state index is 13.4. The molecule has 1 aromatic heterocycles. The smallest absolute Gasteiger partial charge is 0.271 e. The molecule has 0 aromatic carbocycles. The lowest BCUT2D eigenvalue weighted by molar-refractivity contribution is -0.221. The zero-order chi connectivity index (χ0) is 13.5. The summed E-state index contributed by atoms with van der Waals surface area (Å²) < 4.78 is 53.6. The highest BCUT2D eigenvalue weighted by atomic mass is 19.4. The van der Waals surface area contributed by atoms with Crippen LogP contribution in [0.15, 0.2) is 6.20 Å². The van der Waals surface area contributed by atoms with Crippen molar-refractivity contribution in [3.63, 3.8) is 0 Å². The molecule has 1 aromatic rings. The van der Waals surface area contributed by atoms with Crippen LogP contribution in [0, 0.1) is 5.41 Å². The molecule has 0 N–H and O–H groups in total. The van der Waals surface area contributed by atoms with Gasteiger partial charge in [-0.25, -0.2) is 4.39 Å². The van der Waals surface area contributed by atoms with Crippen molar-refractivity contribution in [2.75, 3.05) is 0 Å². The molecule has 0 saturated heterocycles. The van der Waals surface area contributed by atoms with E-state index in [0.717, 1.165) is 19.0 Å². The van der Waals surface area contributed by atoms with Crippen molar-refractivity contribution in [3.8, 4) is 0 Å². The van der Waals surface area contributed by atoms with E-state index >= 15 is 0 Å². The van der Waals surface area contributed by atoms with Crippen molar-refractivity contribution in [2.24, 2.45) is 5.41 Å². The Morgan fingerprint density at radius 3 is 2.37 bits per heavy atom. The Labute approximate surface area is 107 Å². The molecule has 104 valence electrons. The number of hydrogen-bond acceptors (Lipinski definition) is 1. The Bertz CT molecular complexity index is 522. The van der Waals surface area contributed by atoms with Gasteiger partial charge in [-0.3, -0.25) is 4.68 Å². The van der Waals surface area contributed by atoms with Crippen LogP contribution in [0.3, 0.4) is 0 Å². The number of hydrogen-bond donors (Lipinski definition) is 0. The van der Waals surface area contributed by atoms with Crippen LogP contribution < -0.4 is 0 Å². The average Bonchev–Trinajstić information content (AvgIpc) is 2.95. The summed E-state index contributed by atoms with van der Waals surface area (Å²) in [5.74, 6) is -0.0292. The summed E-state index contributed by atoms with van der Waals surface area (Å²) in [6, 6.07) is 0. The third kappa shape index (κ3) is 1.71. The van der Waals surface area contributed by atoms with Gasteiger partial charge in [0.2, 0.25) is 0 Å². The first-order chi connectivity index (χ1) is 8.79. The van der Waals surface area contributed by atoms with Gasteiger partial charge < -0.3 is 0 Å². The van der Waals surface area contributed by atoms with E-state index in [4.69, 9.17) is 0 Å². The molecular formula is C13H14F4N2. The zero-order valence-electron chi connectivity index (χ0n) is 10.3. The Morgan fingerprint density at radius 2 is 1.89 bits per heavy atom. The topological polar surface area (TPSA) is 17.8 Å². The van der Waals surface area contributed by atoms with Crippen LogP contribution in [0.25, 0.3) is 0 Å². The van der Waals surface area contributed by atoms with Crippen molar-refractivity contribution in [1.82, 2.24) is 9.78 Å². The summed E-state index contributed by atoms with van der Waals surface area (Å²) in [5, 5.41) is 4.13. The molecule has 0 amide bonds. The lowest BCUT2D eigenvalue weighted by atomic mass is 9.42. The SMILES string of the molecule is FC12CC(Cn3cc(C(F)(F)F)c(C4CC4)n3)(C1)C2. The fraction of sp³-hybridized carbons (Fsp3) is 0.769. The zero-order valence-corrected chi connectivity index (χ0v) is 10.3. The van der Waals surface area contributed by atoms with Gasteiger partial charge in [0.1, 0.15) is 5.67 Å². The molecule has 0 aliphatic heterocycles. The van der Waals surface area contributed by atoms with Crippen LogP contribution in [0.4, 0.5) is 17.6 Å². The molecule has 4 aliphatic carbocycles.